The number of fused-ring (bicyclic) bond motifs is 15. The Bertz CT molecular complexity index is 5390. The van der Waals surface area contributed by atoms with Gasteiger partial charge in [-0.1, -0.05) is 176 Å². The van der Waals surface area contributed by atoms with E-state index in [2.05, 4.69) is 285 Å². The molecule has 0 N–H and O–H groups in total. The van der Waals surface area contributed by atoms with Gasteiger partial charge in [-0.15, -0.1) is 0 Å². The fourth-order valence-corrected chi connectivity index (χ4v) is 13.8. The van der Waals surface area contributed by atoms with E-state index in [1.54, 1.807) is 0 Å². The van der Waals surface area contributed by atoms with E-state index in [0.717, 1.165) is 84.0 Å². The lowest BCUT2D eigenvalue weighted by Crippen LogP contribution is -1.99. The van der Waals surface area contributed by atoms with E-state index in [4.69, 9.17) is 9.97 Å². The lowest BCUT2D eigenvalue weighted by molar-refractivity contribution is 1.16. The Morgan fingerprint density at radius 1 is 0.237 bits per heavy atom. The molecule has 0 fully saturated rings. The van der Waals surface area contributed by atoms with Gasteiger partial charge in [-0.2, -0.15) is 0 Å². The maximum atomic E-state index is 5.58. The van der Waals surface area contributed by atoms with Crippen molar-refractivity contribution in [1.29, 1.82) is 0 Å². The van der Waals surface area contributed by atoms with Crippen LogP contribution in [0.2, 0.25) is 0 Å². The minimum atomic E-state index is 0.700. The summed E-state index contributed by atoms with van der Waals surface area (Å²) in [6, 6.07) is 97.3. The van der Waals surface area contributed by atoms with Crippen LogP contribution in [0.5, 0.6) is 0 Å². The van der Waals surface area contributed by atoms with Crippen molar-refractivity contribution < 1.29 is 0 Å². The molecular formula is C74H44N6. The molecule has 6 heteroatoms. The summed E-state index contributed by atoms with van der Waals surface area (Å²) in [5.74, 6) is 0.700. The van der Waals surface area contributed by atoms with Gasteiger partial charge in [0.05, 0.1) is 61.2 Å². The lowest BCUT2D eigenvalue weighted by Gasteiger charge is -2.15. The molecule has 0 saturated heterocycles. The van der Waals surface area contributed by atoms with Gasteiger partial charge in [0.15, 0.2) is 5.82 Å². The fourth-order valence-electron chi connectivity index (χ4n) is 13.8. The first-order chi connectivity index (χ1) is 39.7. The van der Waals surface area contributed by atoms with Crippen molar-refractivity contribution in [1.82, 2.24) is 28.2 Å². The molecule has 0 unspecified atom stereocenters. The Labute approximate surface area is 458 Å². The zero-order valence-electron chi connectivity index (χ0n) is 43.1. The Morgan fingerprint density at radius 3 is 1.18 bits per heavy atom. The third kappa shape index (κ3) is 5.96. The Kier molecular flexibility index (Phi) is 8.85. The number of nitrogens with zero attached hydrogens (tertiary/aromatic N) is 6. The molecule has 18 rings (SSSR count). The van der Waals surface area contributed by atoms with E-state index in [1.165, 1.54) is 75.9 Å². The van der Waals surface area contributed by atoms with Gasteiger partial charge in [-0.25, -0.2) is 9.97 Å². The highest BCUT2D eigenvalue weighted by Gasteiger charge is 2.30. The van der Waals surface area contributed by atoms with Crippen molar-refractivity contribution in [3.8, 4) is 67.8 Å². The van der Waals surface area contributed by atoms with E-state index in [9.17, 15) is 0 Å². The van der Waals surface area contributed by atoms with Crippen LogP contribution in [-0.2, 0) is 0 Å². The second kappa shape index (κ2) is 16.4. The number of aromatic nitrogens is 6. The molecule has 80 heavy (non-hydrogen) atoms. The maximum Gasteiger partial charge on any atom is 0.160 e. The first-order valence-corrected chi connectivity index (χ1v) is 27.4. The normalized spacial score (nSPS) is 12.2. The summed E-state index contributed by atoms with van der Waals surface area (Å²) in [6.45, 7) is 0. The monoisotopic (exact) mass is 1020 g/mol. The van der Waals surface area contributed by atoms with Gasteiger partial charge >= 0.3 is 0 Å². The van der Waals surface area contributed by atoms with Crippen LogP contribution in [0.4, 0.5) is 0 Å². The van der Waals surface area contributed by atoms with Crippen LogP contribution in [-0.4, -0.2) is 28.2 Å². The zero-order valence-corrected chi connectivity index (χ0v) is 43.1. The second-order valence-corrected chi connectivity index (χ2v) is 21.2. The van der Waals surface area contributed by atoms with Gasteiger partial charge in [-0.05, 0) is 96.6 Å². The zero-order chi connectivity index (χ0) is 52.2. The van der Waals surface area contributed by atoms with E-state index in [-0.39, 0.29) is 0 Å². The molecule has 0 aliphatic heterocycles. The van der Waals surface area contributed by atoms with E-state index in [0.29, 0.717) is 5.82 Å². The van der Waals surface area contributed by atoms with Crippen molar-refractivity contribution in [3.05, 3.63) is 267 Å². The third-order valence-corrected chi connectivity index (χ3v) is 17.1. The van der Waals surface area contributed by atoms with Crippen LogP contribution in [0.15, 0.2) is 267 Å². The van der Waals surface area contributed by atoms with Crippen LogP contribution >= 0.6 is 0 Å². The number of hydrogen-bond donors (Lipinski definition) is 0. The molecule has 1 aliphatic rings. The molecule has 0 bridgehead atoms. The van der Waals surface area contributed by atoms with Crippen molar-refractivity contribution in [2.75, 3.05) is 0 Å². The summed E-state index contributed by atoms with van der Waals surface area (Å²) in [5, 5.41) is 12.2. The molecule has 17 aromatic rings. The minimum absolute atomic E-state index is 0.700. The molecular weight excluding hydrogens is 973 g/mol. The standard InChI is InChI=1S/C74H44N6/c1-2-18-45(19-3-1)74-75-72(46-20-16-21-47(42-46)77-65-34-14-8-26-54(65)59-43-48(36-39-68(59)77)78-61-30-10-4-22-50(61)51-23-5-11-31-62(51)78)71-57-38-41-67(56-28-17-29-58(70(56)57)73(71)76-74)80-66-35-15-9-27-55(66)60-44-49(37-40-69(60)80)79-63-32-12-6-24-52(63)53-25-7-13-33-64(53)79/h1-44H. The number of benzene rings is 12. The fraction of sp³-hybridized carbons (Fsp3) is 0. The summed E-state index contributed by atoms with van der Waals surface area (Å²) in [4.78, 5) is 11.1. The summed E-state index contributed by atoms with van der Waals surface area (Å²) < 4.78 is 9.71. The van der Waals surface area contributed by atoms with E-state index in [1.807, 2.05) is 0 Å². The smallest absolute Gasteiger partial charge is 0.160 e. The van der Waals surface area contributed by atoms with E-state index < -0.39 is 0 Å². The summed E-state index contributed by atoms with van der Waals surface area (Å²) in [6.07, 6.45) is 0. The van der Waals surface area contributed by atoms with Gasteiger partial charge in [0.2, 0.25) is 0 Å². The first-order valence-electron chi connectivity index (χ1n) is 27.4. The quantitative estimate of drug-likeness (QED) is 0.167. The number of hydrogen-bond acceptors (Lipinski definition) is 2. The number of para-hydroxylation sites is 6. The molecule has 0 spiro atoms. The van der Waals surface area contributed by atoms with Crippen LogP contribution in [0, 0.1) is 0 Å². The summed E-state index contributed by atoms with van der Waals surface area (Å²) in [7, 11) is 0. The topological polar surface area (TPSA) is 45.5 Å². The largest absolute Gasteiger partial charge is 0.309 e. The molecule has 370 valence electrons. The number of rotatable bonds is 6. The Morgan fingerprint density at radius 2 is 0.637 bits per heavy atom. The predicted octanol–water partition coefficient (Wildman–Crippen LogP) is 19.0. The van der Waals surface area contributed by atoms with Gasteiger partial charge < -0.3 is 18.3 Å². The van der Waals surface area contributed by atoms with Crippen LogP contribution in [0.1, 0.15) is 0 Å². The molecule has 1 aliphatic carbocycles. The van der Waals surface area contributed by atoms with Crippen molar-refractivity contribution >= 4 is 98.0 Å². The van der Waals surface area contributed by atoms with Crippen LogP contribution < -0.4 is 0 Å². The highest BCUT2D eigenvalue weighted by atomic mass is 15.0. The Balaban J connectivity index is 0.818. The van der Waals surface area contributed by atoms with E-state index >= 15 is 0 Å². The molecule has 5 heterocycles. The predicted molar refractivity (Wildman–Crippen MR) is 332 cm³/mol. The molecule has 6 nitrogen and oxygen atoms in total. The first kappa shape index (κ1) is 43.3. The molecule has 12 aromatic carbocycles. The molecule has 0 amide bonds. The lowest BCUT2D eigenvalue weighted by atomic mass is 9.98. The second-order valence-electron chi connectivity index (χ2n) is 21.2. The van der Waals surface area contributed by atoms with Crippen LogP contribution in [0.25, 0.3) is 166 Å². The van der Waals surface area contributed by atoms with Crippen molar-refractivity contribution in [3.63, 3.8) is 0 Å². The summed E-state index contributed by atoms with van der Waals surface area (Å²) in [5.41, 5.74) is 21.0. The summed E-state index contributed by atoms with van der Waals surface area (Å²) >= 11 is 0. The van der Waals surface area contributed by atoms with Gasteiger partial charge in [0.25, 0.3) is 0 Å². The molecule has 0 saturated carbocycles. The average Bonchev–Trinajstić information content (AvgIpc) is 4.48. The van der Waals surface area contributed by atoms with Crippen LogP contribution in [0.3, 0.4) is 0 Å². The van der Waals surface area contributed by atoms with Crippen molar-refractivity contribution in [2.24, 2.45) is 0 Å². The van der Waals surface area contributed by atoms with Crippen molar-refractivity contribution in [2.45, 2.75) is 0 Å². The maximum absolute atomic E-state index is 5.58. The Hall–Kier alpha value is -10.8. The SMILES string of the molecule is c1ccc(-c2nc(-c3cccc(-n4c5ccccc5c5cc(-n6c7ccccc7c7ccccc76)ccc54)c3)c3c(n2)-c2cccc4c(-n5c6ccccc6c6cc(-n7c8ccccc8c8ccccc87)ccc65)ccc-3c24)cc1. The highest BCUT2D eigenvalue weighted by Crippen LogP contribution is 2.52. The van der Waals surface area contributed by atoms with Gasteiger partial charge in [-0.3, -0.25) is 0 Å². The minimum Gasteiger partial charge on any atom is -0.309 e. The average molecular weight is 1020 g/mol. The molecule has 0 radical (unpaired) electrons. The van der Waals surface area contributed by atoms with Gasteiger partial charge in [0.1, 0.15) is 0 Å². The van der Waals surface area contributed by atoms with Gasteiger partial charge in [0, 0.05) is 93.2 Å². The molecule has 5 aromatic heterocycles. The highest BCUT2D eigenvalue weighted by molar-refractivity contribution is 6.21. The third-order valence-electron chi connectivity index (χ3n) is 17.1. The molecule has 0 atom stereocenters.